The van der Waals surface area contributed by atoms with E-state index in [1.165, 1.54) is 44.6 Å². The first-order valence-corrected chi connectivity index (χ1v) is 7.64. The molecule has 1 saturated carbocycles. The standard InChI is InChI=1S/C17H20N2/c1-2-6-15(7-3-1)18-10-14-9-13-5-4-8-16(13)19-12-17(14,19)11-18/h1-3,6-7,9,14,16H,4-5,8,10-12H2/t14-,16-,17+,19?/m0/s1. The van der Waals surface area contributed by atoms with E-state index in [4.69, 9.17) is 0 Å². The molecule has 0 N–H and O–H groups in total. The third kappa shape index (κ3) is 1.30. The second kappa shape index (κ2) is 3.43. The summed E-state index contributed by atoms with van der Waals surface area (Å²) in [5.41, 5.74) is 3.67. The number of rotatable bonds is 1. The zero-order valence-electron chi connectivity index (χ0n) is 11.3. The number of hydrogen-bond donors (Lipinski definition) is 0. The summed E-state index contributed by atoms with van der Waals surface area (Å²) < 4.78 is 0. The van der Waals surface area contributed by atoms with Crippen LogP contribution in [0.15, 0.2) is 42.0 Å². The molecule has 1 spiro atoms. The normalized spacial score (nSPS) is 42.4. The Kier molecular flexibility index (Phi) is 1.89. The SMILES string of the molecule is C1=C2CCC[C@@H]2N2C[C@@]23CN(c2ccccc2)C[C@H]13. The van der Waals surface area contributed by atoms with Crippen LogP contribution in [0.1, 0.15) is 19.3 Å². The molecule has 3 fully saturated rings. The highest BCUT2D eigenvalue weighted by molar-refractivity contribution is 5.52. The Hall–Kier alpha value is -1.28. The van der Waals surface area contributed by atoms with Crippen molar-refractivity contribution in [2.75, 3.05) is 24.5 Å². The van der Waals surface area contributed by atoms with Crippen LogP contribution >= 0.6 is 0 Å². The van der Waals surface area contributed by atoms with E-state index in [1.807, 2.05) is 0 Å². The first-order valence-electron chi connectivity index (χ1n) is 7.64. The average molecular weight is 252 g/mol. The predicted molar refractivity (Wildman–Crippen MR) is 77.3 cm³/mol. The molecule has 4 aliphatic rings. The maximum Gasteiger partial charge on any atom is 0.0597 e. The van der Waals surface area contributed by atoms with Crippen molar-refractivity contribution in [1.82, 2.24) is 4.90 Å². The Morgan fingerprint density at radius 1 is 1.11 bits per heavy atom. The third-order valence-corrected chi connectivity index (χ3v) is 5.77. The minimum Gasteiger partial charge on any atom is -0.369 e. The molecule has 0 aromatic heterocycles. The van der Waals surface area contributed by atoms with Gasteiger partial charge in [-0.05, 0) is 31.4 Å². The van der Waals surface area contributed by atoms with Gasteiger partial charge in [-0.3, -0.25) is 4.90 Å². The second-order valence-corrected chi connectivity index (χ2v) is 6.70. The van der Waals surface area contributed by atoms with Gasteiger partial charge in [0.1, 0.15) is 0 Å². The lowest BCUT2D eigenvalue weighted by Crippen LogP contribution is -2.36. The van der Waals surface area contributed by atoms with Crippen molar-refractivity contribution in [3.63, 3.8) is 0 Å². The highest BCUT2D eigenvalue weighted by atomic mass is 15.4. The van der Waals surface area contributed by atoms with Crippen LogP contribution in [0.4, 0.5) is 5.69 Å². The Balaban J connectivity index is 1.49. The van der Waals surface area contributed by atoms with Crippen LogP contribution in [0, 0.1) is 5.92 Å². The largest absolute Gasteiger partial charge is 0.369 e. The summed E-state index contributed by atoms with van der Waals surface area (Å²) >= 11 is 0. The summed E-state index contributed by atoms with van der Waals surface area (Å²) in [4.78, 5) is 5.41. The van der Waals surface area contributed by atoms with Gasteiger partial charge in [0.2, 0.25) is 0 Å². The van der Waals surface area contributed by atoms with Crippen molar-refractivity contribution in [1.29, 1.82) is 0 Å². The molecule has 0 radical (unpaired) electrons. The fraction of sp³-hybridized carbons (Fsp3) is 0.529. The van der Waals surface area contributed by atoms with E-state index in [1.54, 1.807) is 5.57 Å². The summed E-state index contributed by atoms with van der Waals surface area (Å²) in [5, 5.41) is 0. The molecule has 5 rings (SSSR count). The summed E-state index contributed by atoms with van der Waals surface area (Å²) in [6.45, 7) is 3.80. The van der Waals surface area contributed by atoms with Crippen LogP contribution in [0.2, 0.25) is 0 Å². The molecule has 98 valence electrons. The lowest BCUT2D eigenvalue weighted by atomic mass is 9.89. The van der Waals surface area contributed by atoms with Gasteiger partial charge in [0, 0.05) is 37.3 Å². The van der Waals surface area contributed by atoms with E-state index < -0.39 is 0 Å². The van der Waals surface area contributed by atoms with E-state index in [-0.39, 0.29) is 0 Å². The van der Waals surface area contributed by atoms with Crippen LogP contribution in [0.3, 0.4) is 0 Å². The fourth-order valence-electron chi connectivity index (χ4n) is 4.77. The zero-order valence-corrected chi connectivity index (χ0v) is 11.3. The Bertz CT molecular complexity index is 550. The van der Waals surface area contributed by atoms with Gasteiger partial charge in [-0.25, -0.2) is 0 Å². The molecule has 3 heterocycles. The van der Waals surface area contributed by atoms with Gasteiger partial charge in [0.25, 0.3) is 0 Å². The van der Waals surface area contributed by atoms with Crippen LogP contribution in [-0.2, 0) is 0 Å². The van der Waals surface area contributed by atoms with Crippen molar-refractivity contribution in [2.24, 2.45) is 5.92 Å². The van der Waals surface area contributed by atoms with E-state index in [2.05, 4.69) is 46.2 Å². The predicted octanol–water partition coefficient (Wildman–Crippen LogP) is 2.67. The zero-order chi connectivity index (χ0) is 12.4. The first kappa shape index (κ1) is 10.5. The van der Waals surface area contributed by atoms with Gasteiger partial charge >= 0.3 is 0 Å². The molecule has 0 amide bonds. The van der Waals surface area contributed by atoms with Crippen LogP contribution < -0.4 is 4.90 Å². The first-order chi connectivity index (χ1) is 9.37. The number of benzene rings is 1. The van der Waals surface area contributed by atoms with E-state index in [9.17, 15) is 0 Å². The van der Waals surface area contributed by atoms with Crippen molar-refractivity contribution < 1.29 is 0 Å². The maximum atomic E-state index is 2.81. The van der Waals surface area contributed by atoms with Gasteiger partial charge in [-0.1, -0.05) is 29.8 Å². The molecule has 1 aromatic carbocycles. The monoisotopic (exact) mass is 252 g/mol. The van der Waals surface area contributed by atoms with Gasteiger partial charge in [0.15, 0.2) is 0 Å². The Morgan fingerprint density at radius 2 is 2.00 bits per heavy atom. The Morgan fingerprint density at radius 3 is 2.89 bits per heavy atom. The van der Waals surface area contributed by atoms with Gasteiger partial charge in [-0.15, -0.1) is 0 Å². The van der Waals surface area contributed by atoms with Crippen molar-refractivity contribution in [3.8, 4) is 0 Å². The van der Waals surface area contributed by atoms with Crippen molar-refractivity contribution in [3.05, 3.63) is 42.0 Å². The fourth-order valence-corrected chi connectivity index (χ4v) is 4.77. The number of anilines is 1. The Labute approximate surface area is 114 Å². The maximum absolute atomic E-state index is 2.81. The van der Waals surface area contributed by atoms with E-state index >= 15 is 0 Å². The number of hydrogen-bond acceptors (Lipinski definition) is 2. The van der Waals surface area contributed by atoms with Crippen LogP contribution in [0.5, 0.6) is 0 Å². The van der Waals surface area contributed by atoms with Crippen molar-refractivity contribution in [2.45, 2.75) is 30.8 Å². The van der Waals surface area contributed by atoms with Gasteiger partial charge in [0.05, 0.1) is 5.54 Å². The molecule has 2 saturated heterocycles. The molecule has 1 aromatic rings. The van der Waals surface area contributed by atoms with E-state index in [0.29, 0.717) is 5.54 Å². The van der Waals surface area contributed by atoms with E-state index in [0.717, 1.165) is 12.0 Å². The third-order valence-electron chi connectivity index (χ3n) is 5.77. The van der Waals surface area contributed by atoms with Crippen LogP contribution in [-0.4, -0.2) is 36.1 Å². The lowest BCUT2D eigenvalue weighted by Gasteiger charge is -2.27. The molecule has 4 atom stereocenters. The summed E-state index contributed by atoms with van der Waals surface area (Å²) in [6, 6.07) is 11.8. The lowest BCUT2D eigenvalue weighted by molar-refractivity contribution is 0.313. The molecule has 0 bridgehead atoms. The molecule has 3 aliphatic heterocycles. The quantitative estimate of drug-likeness (QED) is 0.560. The summed E-state index contributed by atoms with van der Waals surface area (Å²) in [5.74, 6) is 0.775. The molecule has 19 heavy (non-hydrogen) atoms. The molecular formula is C17H20N2. The number of fused-ring (bicyclic) bond motifs is 2. The molecule has 1 unspecified atom stereocenters. The van der Waals surface area contributed by atoms with Crippen LogP contribution in [0.25, 0.3) is 0 Å². The number of para-hydroxylation sites is 1. The van der Waals surface area contributed by atoms with Crippen molar-refractivity contribution >= 4 is 5.69 Å². The smallest absolute Gasteiger partial charge is 0.0597 e. The molecule has 1 aliphatic carbocycles. The second-order valence-electron chi connectivity index (χ2n) is 6.70. The molecule has 2 heteroatoms. The number of nitrogens with zero attached hydrogens (tertiary/aromatic N) is 2. The van der Waals surface area contributed by atoms with Gasteiger partial charge in [-0.2, -0.15) is 0 Å². The summed E-state index contributed by atoms with van der Waals surface area (Å²) in [6.07, 6.45) is 6.84. The topological polar surface area (TPSA) is 6.25 Å². The average Bonchev–Trinajstić information content (AvgIpc) is 2.83. The highest BCUT2D eigenvalue weighted by Gasteiger charge is 2.65. The van der Waals surface area contributed by atoms with Gasteiger partial charge < -0.3 is 4.90 Å². The minimum absolute atomic E-state index is 0.508. The summed E-state index contributed by atoms with van der Waals surface area (Å²) in [7, 11) is 0. The highest BCUT2D eigenvalue weighted by Crippen LogP contribution is 2.55. The molecule has 2 nitrogen and oxygen atoms in total. The molecular weight excluding hydrogens is 232 g/mol. The minimum atomic E-state index is 0.508.